The summed E-state index contributed by atoms with van der Waals surface area (Å²) in [7, 11) is 1.60. The predicted octanol–water partition coefficient (Wildman–Crippen LogP) is 5.25. The highest BCUT2D eigenvalue weighted by Gasteiger charge is 2.59. The Bertz CT molecular complexity index is 1250. The van der Waals surface area contributed by atoms with E-state index in [-0.39, 0.29) is 11.8 Å². The summed E-state index contributed by atoms with van der Waals surface area (Å²) >= 11 is 7.65. The maximum atomic E-state index is 14.1. The van der Waals surface area contributed by atoms with E-state index in [0.29, 0.717) is 35.2 Å². The normalized spacial score (nSPS) is 19.3. The fourth-order valence-electron chi connectivity index (χ4n) is 4.53. The molecule has 33 heavy (non-hydrogen) atoms. The van der Waals surface area contributed by atoms with E-state index < -0.39 is 4.87 Å². The van der Waals surface area contributed by atoms with Gasteiger partial charge in [0.1, 0.15) is 5.75 Å². The number of fused-ring (bicyclic) bond motifs is 2. The molecule has 5 rings (SSSR count). The Morgan fingerprint density at radius 3 is 2.64 bits per heavy atom. The van der Waals surface area contributed by atoms with Gasteiger partial charge in [0.2, 0.25) is 0 Å². The zero-order valence-electron chi connectivity index (χ0n) is 18.4. The van der Waals surface area contributed by atoms with Crippen molar-refractivity contribution in [2.75, 3.05) is 24.3 Å². The van der Waals surface area contributed by atoms with Gasteiger partial charge in [-0.2, -0.15) is 0 Å². The van der Waals surface area contributed by atoms with Crippen LogP contribution < -0.4 is 9.64 Å². The fourth-order valence-corrected chi connectivity index (χ4v) is 6.17. The molecule has 3 aromatic carbocycles. The van der Waals surface area contributed by atoms with Crippen LogP contribution >= 0.6 is 23.4 Å². The molecular formula is C26H23ClN2O3S. The molecule has 0 aromatic heterocycles. The average molecular weight is 479 g/mol. The molecule has 5 nitrogen and oxygen atoms in total. The summed E-state index contributed by atoms with van der Waals surface area (Å²) in [6.45, 7) is 2.94. The molecule has 0 bridgehead atoms. The lowest BCUT2D eigenvalue weighted by Crippen LogP contribution is -2.50. The molecule has 1 spiro atoms. The number of carbonyl (C=O) groups excluding carboxylic acids is 2. The summed E-state index contributed by atoms with van der Waals surface area (Å²) in [5, 5.41) is 0.488. The fraction of sp³-hybridized carbons (Fsp3) is 0.231. The van der Waals surface area contributed by atoms with Crippen molar-refractivity contribution in [2.24, 2.45) is 0 Å². The second-order valence-corrected chi connectivity index (χ2v) is 9.94. The number of benzene rings is 3. The number of hydrogen-bond acceptors (Lipinski definition) is 4. The van der Waals surface area contributed by atoms with E-state index in [0.717, 1.165) is 22.4 Å². The zero-order valence-corrected chi connectivity index (χ0v) is 19.9. The predicted molar refractivity (Wildman–Crippen MR) is 132 cm³/mol. The van der Waals surface area contributed by atoms with Gasteiger partial charge in [-0.15, -0.1) is 11.8 Å². The average Bonchev–Trinajstić information content (AvgIpc) is 3.36. The van der Waals surface area contributed by atoms with Crippen molar-refractivity contribution < 1.29 is 14.3 Å². The number of aryl methyl sites for hydroxylation is 1. The van der Waals surface area contributed by atoms with Crippen LogP contribution in [-0.4, -0.2) is 36.1 Å². The van der Waals surface area contributed by atoms with Gasteiger partial charge in [0.25, 0.3) is 11.8 Å². The van der Waals surface area contributed by atoms with Crippen molar-refractivity contribution in [1.29, 1.82) is 0 Å². The molecule has 7 heteroatoms. The van der Waals surface area contributed by atoms with Crippen molar-refractivity contribution in [2.45, 2.75) is 18.3 Å². The van der Waals surface area contributed by atoms with Crippen molar-refractivity contribution in [3.63, 3.8) is 0 Å². The first-order chi connectivity index (χ1) is 15.9. The Morgan fingerprint density at radius 2 is 1.91 bits per heavy atom. The van der Waals surface area contributed by atoms with Crippen LogP contribution in [-0.2, 0) is 16.2 Å². The molecular weight excluding hydrogens is 456 g/mol. The second-order valence-electron chi connectivity index (χ2n) is 8.22. The van der Waals surface area contributed by atoms with Crippen molar-refractivity contribution in [3.8, 4) is 5.75 Å². The van der Waals surface area contributed by atoms with Crippen molar-refractivity contribution in [3.05, 3.63) is 94.0 Å². The van der Waals surface area contributed by atoms with Crippen molar-refractivity contribution in [1.82, 2.24) is 4.90 Å². The van der Waals surface area contributed by atoms with Gasteiger partial charge in [-0.1, -0.05) is 47.5 Å². The van der Waals surface area contributed by atoms with Gasteiger partial charge in [-0.25, -0.2) is 0 Å². The van der Waals surface area contributed by atoms with E-state index in [1.165, 1.54) is 11.8 Å². The number of hydrogen-bond donors (Lipinski definition) is 0. The molecule has 0 N–H and O–H groups in total. The number of thioether (sulfide) groups is 1. The van der Waals surface area contributed by atoms with E-state index >= 15 is 0 Å². The molecule has 1 atom stereocenters. The smallest absolute Gasteiger partial charge is 0.268 e. The minimum Gasteiger partial charge on any atom is -0.497 e. The van der Waals surface area contributed by atoms with Gasteiger partial charge >= 0.3 is 0 Å². The summed E-state index contributed by atoms with van der Waals surface area (Å²) in [5.41, 5.74) is 4.26. The highest BCUT2D eigenvalue weighted by atomic mass is 35.5. The number of nitrogens with zero attached hydrogens (tertiary/aromatic N) is 2. The van der Waals surface area contributed by atoms with Gasteiger partial charge < -0.3 is 14.5 Å². The zero-order chi connectivity index (χ0) is 23.2. The molecule has 0 saturated carbocycles. The minimum absolute atomic E-state index is 0.107. The SMILES string of the molecule is COc1ccc2c(c1)[C@@]1(SCCN1C(=O)c1cccc(Cl)c1)C(=O)N2Cc1ccc(C)cc1. The van der Waals surface area contributed by atoms with Gasteiger partial charge in [-0.3, -0.25) is 9.59 Å². The molecule has 3 aromatic rings. The molecule has 1 saturated heterocycles. The van der Waals surface area contributed by atoms with Crippen LogP contribution in [0, 0.1) is 6.92 Å². The Morgan fingerprint density at radius 1 is 1.12 bits per heavy atom. The van der Waals surface area contributed by atoms with Gasteiger partial charge in [0.15, 0.2) is 4.87 Å². The summed E-state index contributed by atoms with van der Waals surface area (Å²) in [5.74, 6) is 0.999. The maximum Gasteiger partial charge on any atom is 0.268 e. The number of anilines is 1. The number of carbonyl (C=O) groups is 2. The summed E-state index contributed by atoms with van der Waals surface area (Å²) in [6, 6.07) is 20.7. The number of rotatable bonds is 4. The Hall–Kier alpha value is -2.96. The Kier molecular flexibility index (Phi) is 5.59. The molecule has 168 valence electrons. The summed E-state index contributed by atoms with van der Waals surface area (Å²) < 4.78 is 5.48. The maximum absolute atomic E-state index is 14.1. The monoisotopic (exact) mass is 478 g/mol. The van der Waals surface area contributed by atoms with Crippen LogP contribution in [0.15, 0.2) is 66.7 Å². The lowest BCUT2D eigenvalue weighted by atomic mass is 10.0. The highest BCUT2D eigenvalue weighted by Crippen LogP contribution is 2.55. The van der Waals surface area contributed by atoms with Crippen molar-refractivity contribution >= 4 is 40.9 Å². The minimum atomic E-state index is -1.13. The van der Waals surface area contributed by atoms with E-state index in [4.69, 9.17) is 16.3 Å². The molecule has 0 unspecified atom stereocenters. The lowest BCUT2D eigenvalue weighted by Gasteiger charge is -2.33. The van der Waals surface area contributed by atoms with Gasteiger partial charge in [0.05, 0.1) is 19.3 Å². The second kappa shape index (κ2) is 8.43. The number of methoxy groups -OCH3 is 1. The molecule has 2 heterocycles. The van der Waals surface area contributed by atoms with Crippen LogP contribution in [0.3, 0.4) is 0 Å². The first-order valence-electron chi connectivity index (χ1n) is 10.7. The molecule has 0 radical (unpaired) electrons. The Balaban J connectivity index is 1.61. The first kappa shape index (κ1) is 21.9. The van der Waals surface area contributed by atoms with E-state index in [9.17, 15) is 9.59 Å². The standard InChI is InChI=1S/C26H23ClN2O3S/c1-17-6-8-18(9-7-17)16-28-23-11-10-21(32-2)15-22(23)26(25(28)31)29(12-13-33-26)24(30)19-4-3-5-20(27)14-19/h3-11,14-15H,12-13,16H2,1-2H3/t26-/m1/s1. The third-order valence-corrected chi connectivity index (χ3v) is 7.83. The van der Waals surface area contributed by atoms with E-state index in [2.05, 4.69) is 0 Å². The highest BCUT2D eigenvalue weighted by molar-refractivity contribution is 8.01. The van der Waals surface area contributed by atoms with E-state index in [1.807, 2.05) is 49.4 Å². The number of amides is 2. The third kappa shape index (κ3) is 3.58. The number of ether oxygens (including phenoxy) is 1. The van der Waals surface area contributed by atoms with Crippen LogP contribution in [0.1, 0.15) is 27.0 Å². The van der Waals surface area contributed by atoms with Crippen LogP contribution in [0.5, 0.6) is 5.75 Å². The molecule has 2 aliphatic heterocycles. The van der Waals surface area contributed by atoms with Crippen LogP contribution in [0.4, 0.5) is 5.69 Å². The third-order valence-electron chi connectivity index (χ3n) is 6.18. The lowest BCUT2D eigenvalue weighted by molar-refractivity contribution is -0.123. The van der Waals surface area contributed by atoms with Gasteiger partial charge in [-0.05, 0) is 48.9 Å². The quantitative estimate of drug-likeness (QED) is 0.514. The molecule has 2 aliphatic rings. The van der Waals surface area contributed by atoms with Gasteiger partial charge in [0, 0.05) is 28.4 Å². The summed E-state index contributed by atoms with van der Waals surface area (Å²) in [4.78, 5) is 30.1. The number of halogens is 1. The topological polar surface area (TPSA) is 49.9 Å². The summed E-state index contributed by atoms with van der Waals surface area (Å²) in [6.07, 6.45) is 0. The molecule has 0 aliphatic carbocycles. The van der Waals surface area contributed by atoms with Crippen LogP contribution in [0.2, 0.25) is 5.02 Å². The van der Waals surface area contributed by atoms with E-state index in [1.54, 1.807) is 41.2 Å². The van der Waals surface area contributed by atoms with Crippen LogP contribution in [0.25, 0.3) is 0 Å². The first-order valence-corrected chi connectivity index (χ1v) is 12.1. The molecule has 1 fully saturated rings. The largest absolute Gasteiger partial charge is 0.497 e. The molecule has 2 amide bonds. The Labute approximate surface area is 202 Å².